The lowest BCUT2D eigenvalue weighted by Crippen LogP contribution is -2.13. The molecule has 1 aliphatic carbocycles. The van der Waals surface area contributed by atoms with Crippen LogP contribution in [-0.4, -0.2) is 16.1 Å². The third-order valence-corrected chi connectivity index (χ3v) is 3.00. The number of pyridine rings is 1. The van der Waals surface area contributed by atoms with Gasteiger partial charge in [-0.15, -0.1) is 0 Å². The van der Waals surface area contributed by atoms with Crippen LogP contribution in [0, 0.1) is 5.92 Å². The van der Waals surface area contributed by atoms with Crippen LogP contribution in [0.25, 0.3) is 0 Å². The topological polar surface area (TPSA) is 50.2 Å². The molecule has 3 heteroatoms. The van der Waals surface area contributed by atoms with Gasteiger partial charge in [-0.3, -0.25) is 9.78 Å². The molecule has 1 heterocycles. The van der Waals surface area contributed by atoms with Crippen molar-refractivity contribution in [2.45, 2.75) is 32.6 Å². The number of carbonyl (C=O) groups is 1. The van der Waals surface area contributed by atoms with Crippen LogP contribution in [0.2, 0.25) is 0 Å². The Morgan fingerprint density at radius 1 is 1.53 bits per heavy atom. The van der Waals surface area contributed by atoms with Crippen molar-refractivity contribution in [2.75, 3.05) is 0 Å². The minimum Gasteiger partial charge on any atom is -0.481 e. The maximum absolute atomic E-state index is 10.9. The van der Waals surface area contributed by atoms with Gasteiger partial charge >= 0.3 is 5.97 Å². The number of hydrogen-bond acceptors (Lipinski definition) is 2. The molecule has 15 heavy (non-hydrogen) atoms. The summed E-state index contributed by atoms with van der Waals surface area (Å²) in [5.41, 5.74) is 3.28. The van der Waals surface area contributed by atoms with Crippen molar-refractivity contribution in [3.63, 3.8) is 0 Å². The SMILES string of the molecule is CC(C)c1cnc2c(c1)CC(C(=O)O)C2. The third kappa shape index (κ3) is 1.87. The normalized spacial score (nSPS) is 19.3. The summed E-state index contributed by atoms with van der Waals surface area (Å²) in [5.74, 6) is -0.527. The summed E-state index contributed by atoms with van der Waals surface area (Å²) in [4.78, 5) is 15.2. The molecule has 1 aromatic heterocycles. The second-order valence-electron chi connectivity index (χ2n) is 4.47. The number of carboxylic acid groups (broad SMARTS) is 1. The van der Waals surface area contributed by atoms with Crippen LogP contribution in [0.4, 0.5) is 0 Å². The number of nitrogens with zero attached hydrogens (tertiary/aromatic N) is 1. The minimum atomic E-state index is -0.709. The Morgan fingerprint density at radius 3 is 2.87 bits per heavy atom. The molecule has 0 bridgehead atoms. The quantitative estimate of drug-likeness (QED) is 0.803. The van der Waals surface area contributed by atoms with E-state index in [2.05, 4.69) is 24.9 Å². The van der Waals surface area contributed by atoms with E-state index < -0.39 is 5.97 Å². The maximum Gasteiger partial charge on any atom is 0.307 e. The maximum atomic E-state index is 10.9. The highest BCUT2D eigenvalue weighted by molar-refractivity contribution is 5.72. The highest BCUT2D eigenvalue weighted by atomic mass is 16.4. The number of rotatable bonds is 2. The Bertz CT molecular complexity index is 399. The van der Waals surface area contributed by atoms with Gasteiger partial charge in [0.15, 0.2) is 0 Å². The minimum absolute atomic E-state index is 0.269. The van der Waals surface area contributed by atoms with E-state index in [1.807, 2.05) is 6.20 Å². The molecule has 0 saturated heterocycles. The molecule has 1 unspecified atom stereocenters. The molecular formula is C12H15NO2. The lowest BCUT2D eigenvalue weighted by molar-refractivity contribution is -0.141. The molecule has 0 fully saturated rings. The van der Waals surface area contributed by atoms with E-state index in [1.54, 1.807) is 0 Å². The lowest BCUT2D eigenvalue weighted by atomic mass is 10.0. The molecule has 0 aromatic carbocycles. The highest BCUT2D eigenvalue weighted by Crippen LogP contribution is 2.27. The van der Waals surface area contributed by atoms with Crippen molar-refractivity contribution >= 4 is 5.97 Å². The van der Waals surface area contributed by atoms with E-state index in [0.717, 1.165) is 11.3 Å². The number of aromatic nitrogens is 1. The van der Waals surface area contributed by atoms with Crippen LogP contribution in [0.3, 0.4) is 0 Å². The second-order valence-corrected chi connectivity index (χ2v) is 4.47. The van der Waals surface area contributed by atoms with Gasteiger partial charge in [0.1, 0.15) is 0 Å². The van der Waals surface area contributed by atoms with Gasteiger partial charge in [-0.1, -0.05) is 19.9 Å². The van der Waals surface area contributed by atoms with Gasteiger partial charge in [0.2, 0.25) is 0 Å². The predicted octanol–water partition coefficient (Wildman–Crippen LogP) is 2.00. The molecule has 3 nitrogen and oxygen atoms in total. The molecule has 0 saturated carbocycles. The van der Waals surface area contributed by atoms with Gasteiger partial charge in [0, 0.05) is 18.3 Å². The first-order chi connectivity index (χ1) is 7.08. The van der Waals surface area contributed by atoms with Crippen molar-refractivity contribution in [2.24, 2.45) is 5.92 Å². The van der Waals surface area contributed by atoms with Crippen molar-refractivity contribution in [1.82, 2.24) is 4.98 Å². The average Bonchev–Trinajstić information content (AvgIpc) is 2.59. The number of carboxylic acids is 1. The van der Waals surface area contributed by atoms with E-state index in [0.29, 0.717) is 18.8 Å². The largest absolute Gasteiger partial charge is 0.481 e. The molecule has 0 amide bonds. The van der Waals surface area contributed by atoms with E-state index in [9.17, 15) is 4.79 Å². The molecule has 0 radical (unpaired) electrons. The molecule has 1 N–H and O–H groups in total. The fourth-order valence-electron chi connectivity index (χ4n) is 1.98. The summed E-state index contributed by atoms with van der Waals surface area (Å²) in [6.45, 7) is 4.24. The fraction of sp³-hybridized carbons (Fsp3) is 0.500. The molecular weight excluding hydrogens is 190 g/mol. The highest BCUT2D eigenvalue weighted by Gasteiger charge is 2.28. The number of fused-ring (bicyclic) bond motifs is 1. The lowest BCUT2D eigenvalue weighted by Gasteiger charge is -2.06. The van der Waals surface area contributed by atoms with E-state index in [-0.39, 0.29) is 5.92 Å². The molecule has 1 atom stereocenters. The number of hydrogen-bond donors (Lipinski definition) is 1. The van der Waals surface area contributed by atoms with Crippen LogP contribution >= 0.6 is 0 Å². The van der Waals surface area contributed by atoms with Crippen LogP contribution in [0.5, 0.6) is 0 Å². The Hall–Kier alpha value is -1.38. The zero-order valence-corrected chi connectivity index (χ0v) is 9.03. The predicted molar refractivity (Wildman–Crippen MR) is 56.9 cm³/mol. The van der Waals surface area contributed by atoms with Gasteiger partial charge in [0.05, 0.1) is 5.92 Å². The summed E-state index contributed by atoms with van der Waals surface area (Å²) in [5, 5.41) is 8.94. The molecule has 2 rings (SSSR count). The van der Waals surface area contributed by atoms with Crippen LogP contribution < -0.4 is 0 Å². The van der Waals surface area contributed by atoms with Gasteiger partial charge in [-0.2, -0.15) is 0 Å². The molecule has 0 aliphatic heterocycles. The van der Waals surface area contributed by atoms with Gasteiger partial charge in [0.25, 0.3) is 0 Å². The van der Waals surface area contributed by atoms with E-state index in [1.165, 1.54) is 5.56 Å². The zero-order valence-electron chi connectivity index (χ0n) is 9.03. The van der Waals surface area contributed by atoms with Crippen LogP contribution in [0.15, 0.2) is 12.3 Å². The Labute approximate surface area is 89.2 Å². The van der Waals surface area contributed by atoms with Crippen LogP contribution in [0.1, 0.15) is 36.6 Å². The van der Waals surface area contributed by atoms with Crippen molar-refractivity contribution < 1.29 is 9.90 Å². The van der Waals surface area contributed by atoms with E-state index >= 15 is 0 Å². The van der Waals surface area contributed by atoms with Gasteiger partial charge < -0.3 is 5.11 Å². The van der Waals surface area contributed by atoms with Crippen molar-refractivity contribution in [3.8, 4) is 0 Å². The summed E-state index contributed by atoms with van der Waals surface area (Å²) in [7, 11) is 0. The Balaban J connectivity index is 2.27. The van der Waals surface area contributed by atoms with Crippen molar-refractivity contribution in [3.05, 3.63) is 29.1 Å². The molecule has 0 spiro atoms. The first-order valence-electron chi connectivity index (χ1n) is 5.28. The first-order valence-corrected chi connectivity index (χ1v) is 5.28. The summed E-state index contributed by atoms with van der Waals surface area (Å²) >= 11 is 0. The Morgan fingerprint density at radius 2 is 2.27 bits per heavy atom. The monoisotopic (exact) mass is 205 g/mol. The summed E-state index contributed by atoms with van der Waals surface area (Å²) < 4.78 is 0. The summed E-state index contributed by atoms with van der Waals surface area (Å²) in [6, 6.07) is 2.11. The van der Waals surface area contributed by atoms with Crippen LogP contribution in [-0.2, 0) is 17.6 Å². The first kappa shape index (κ1) is 10.1. The van der Waals surface area contributed by atoms with Gasteiger partial charge in [-0.25, -0.2) is 0 Å². The zero-order chi connectivity index (χ0) is 11.0. The fourth-order valence-corrected chi connectivity index (χ4v) is 1.98. The molecule has 80 valence electrons. The van der Waals surface area contributed by atoms with E-state index in [4.69, 9.17) is 5.11 Å². The van der Waals surface area contributed by atoms with Crippen molar-refractivity contribution in [1.29, 1.82) is 0 Å². The summed E-state index contributed by atoms with van der Waals surface area (Å²) in [6.07, 6.45) is 3.09. The average molecular weight is 205 g/mol. The Kier molecular flexibility index (Phi) is 2.47. The number of aliphatic carboxylic acids is 1. The molecule has 1 aromatic rings. The standard InChI is InChI=1S/C12H15NO2/c1-7(2)10-4-8-3-9(12(14)15)5-11(8)13-6-10/h4,6-7,9H,3,5H2,1-2H3,(H,14,15). The second kappa shape index (κ2) is 3.65. The smallest absolute Gasteiger partial charge is 0.307 e. The molecule has 1 aliphatic rings. The van der Waals surface area contributed by atoms with Gasteiger partial charge in [-0.05, 0) is 23.5 Å². The third-order valence-electron chi connectivity index (χ3n) is 3.00.